The Balaban J connectivity index is 1.19. The molecule has 2 aliphatic rings. The largest absolute Gasteiger partial charge is 0.423 e. The molecule has 1 saturated carbocycles. The molecule has 3 aromatic rings. The number of hydrogen-bond donors (Lipinski definition) is 1. The van der Waals surface area contributed by atoms with Gasteiger partial charge in [0, 0.05) is 36.0 Å². The summed E-state index contributed by atoms with van der Waals surface area (Å²) in [7, 11) is 0. The summed E-state index contributed by atoms with van der Waals surface area (Å²) in [5.74, 6) is 0.686. The third kappa shape index (κ3) is 3.91. The first-order valence-corrected chi connectivity index (χ1v) is 11.2. The van der Waals surface area contributed by atoms with Crippen LogP contribution in [0.1, 0.15) is 43.6 Å². The maximum absolute atomic E-state index is 13.0. The number of benzene rings is 2. The van der Waals surface area contributed by atoms with E-state index >= 15 is 0 Å². The molecule has 30 heavy (non-hydrogen) atoms. The van der Waals surface area contributed by atoms with Gasteiger partial charge < -0.3 is 14.6 Å². The van der Waals surface area contributed by atoms with Gasteiger partial charge in [-0.25, -0.2) is 0 Å². The van der Waals surface area contributed by atoms with Crippen LogP contribution in [-0.4, -0.2) is 30.0 Å². The van der Waals surface area contributed by atoms with Gasteiger partial charge in [-0.15, -0.1) is 0 Å². The second-order valence-electron chi connectivity index (χ2n) is 8.43. The zero-order valence-corrected chi connectivity index (χ0v) is 17.6. The van der Waals surface area contributed by atoms with E-state index in [-0.39, 0.29) is 17.9 Å². The standard InChI is InChI=1S/C24H26ClN3O2/c25-18-9-10-22-21(15-18)27-24(30-22)28-13-11-17(12-14-28)23(29)26-20-8-4-7-19(20)16-5-2-1-3-6-16/h1-3,5-6,9-10,15,17,19-20H,4,7-8,11-14H2,(H,26,29)/t19-,20+/m0/s1. The number of carbonyl (C=O) groups is 1. The molecule has 1 saturated heterocycles. The molecule has 0 radical (unpaired) electrons. The number of halogens is 1. The van der Waals surface area contributed by atoms with Crippen molar-refractivity contribution in [1.82, 2.24) is 10.3 Å². The number of fused-ring (bicyclic) bond motifs is 1. The minimum absolute atomic E-state index is 0.0529. The molecule has 2 aromatic carbocycles. The molecule has 0 unspecified atom stereocenters. The lowest BCUT2D eigenvalue weighted by atomic mass is 9.92. The van der Waals surface area contributed by atoms with E-state index in [4.69, 9.17) is 16.0 Å². The van der Waals surface area contributed by atoms with Gasteiger partial charge in [-0.1, -0.05) is 48.4 Å². The molecule has 1 aromatic heterocycles. The van der Waals surface area contributed by atoms with Gasteiger partial charge in [0.1, 0.15) is 5.52 Å². The van der Waals surface area contributed by atoms with Gasteiger partial charge in [-0.05, 0) is 49.4 Å². The van der Waals surface area contributed by atoms with E-state index in [9.17, 15) is 4.79 Å². The minimum atomic E-state index is 0.0529. The van der Waals surface area contributed by atoms with E-state index in [0.717, 1.165) is 49.9 Å². The van der Waals surface area contributed by atoms with Gasteiger partial charge in [0.15, 0.2) is 5.58 Å². The molecule has 1 N–H and O–H groups in total. The number of nitrogens with zero attached hydrogens (tertiary/aromatic N) is 2. The van der Waals surface area contributed by atoms with Crippen LogP contribution in [0.15, 0.2) is 52.9 Å². The van der Waals surface area contributed by atoms with Crippen LogP contribution < -0.4 is 10.2 Å². The third-order valence-electron chi connectivity index (χ3n) is 6.55. The smallest absolute Gasteiger partial charge is 0.298 e. The molecule has 0 spiro atoms. The fourth-order valence-electron chi connectivity index (χ4n) is 4.89. The minimum Gasteiger partial charge on any atom is -0.423 e. The Hall–Kier alpha value is -2.53. The first-order valence-electron chi connectivity index (χ1n) is 10.8. The summed E-state index contributed by atoms with van der Waals surface area (Å²) in [6.45, 7) is 1.54. The van der Waals surface area contributed by atoms with Crippen molar-refractivity contribution in [3.05, 3.63) is 59.1 Å². The van der Waals surface area contributed by atoms with Crippen molar-refractivity contribution >= 4 is 34.6 Å². The highest BCUT2D eigenvalue weighted by Gasteiger charge is 2.33. The molecule has 1 amide bonds. The van der Waals surface area contributed by atoms with Crippen LogP contribution in [0.2, 0.25) is 5.02 Å². The quantitative estimate of drug-likeness (QED) is 0.630. The average Bonchev–Trinajstić information content (AvgIpc) is 3.41. The zero-order chi connectivity index (χ0) is 20.5. The lowest BCUT2D eigenvalue weighted by molar-refractivity contribution is -0.126. The van der Waals surface area contributed by atoms with Gasteiger partial charge >= 0.3 is 0 Å². The van der Waals surface area contributed by atoms with Gasteiger partial charge in [-0.3, -0.25) is 4.79 Å². The van der Waals surface area contributed by atoms with Gasteiger partial charge in [0.2, 0.25) is 5.91 Å². The Morgan fingerprint density at radius 2 is 1.87 bits per heavy atom. The maximum atomic E-state index is 13.0. The van der Waals surface area contributed by atoms with Crippen molar-refractivity contribution in [2.45, 2.75) is 44.1 Å². The molecule has 0 bridgehead atoms. The number of nitrogens with one attached hydrogen (secondary N) is 1. The lowest BCUT2D eigenvalue weighted by Gasteiger charge is -2.31. The molecular weight excluding hydrogens is 398 g/mol. The molecule has 1 aliphatic heterocycles. The van der Waals surface area contributed by atoms with E-state index < -0.39 is 0 Å². The summed E-state index contributed by atoms with van der Waals surface area (Å²) >= 11 is 6.05. The second kappa shape index (κ2) is 8.31. The van der Waals surface area contributed by atoms with E-state index in [1.165, 1.54) is 12.0 Å². The topological polar surface area (TPSA) is 58.4 Å². The van der Waals surface area contributed by atoms with Crippen molar-refractivity contribution in [2.75, 3.05) is 18.0 Å². The summed E-state index contributed by atoms with van der Waals surface area (Å²) in [4.78, 5) is 19.7. The fraction of sp³-hybridized carbons (Fsp3) is 0.417. The first kappa shape index (κ1) is 19.4. The highest BCUT2D eigenvalue weighted by molar-refractivity contribution is 6.31. The summed E-state index contributed by atoms with van der Waals surface area (Å²) in [5, 5.41) is 4.02. The van der Waals surface area contributed by atoms with E-state index in [0.29, 0.717) is 17.0 Å². The van der Waals surface area contributed by atoms with Crippen molar-refractivity contribution in [2.24, 2.45) is 5.92 Å². The lowest BCUT2D eigenvalue weighted by Crippen LogP contribution is -2.44. The Morgan fingerprint density at radius 3 is 2.67 bits per heavy atom. The van der Waals surface area contributed by atoms with Gasteiger partial charge in [0.25, 0.3) is 6.01 Å². The van der Waals surface area contributed by atoms with Crippen LogP contribution in [0.5, 0.6) is 0 Å². The predicted octanol–water partition coefficient (Wildman–Crippen LogP) is 5.15. The summed E-state index contributed by atoms with van der Waals surface area (Å²) in [6, 6.07) is 16.9. The van der Waals surface area contributed by atoms with Gasteiger partial charge in [0.05, 0.1) is 0 Å². The molecule has 2 atom stereocenters. The summed E-state index contributed by atoms with van der Waals surface area (Å²) < 4.78 is 5.88. The Kier molecular flexibility index (Phi) is 5.38. The number of amides is 1. The monoisotopic (exact) mass is 423 g/mol. The number of aromatic nitrogens is 1. The normalized spacial score (nSPS) is 22.5. The van der Waals surface area contributed by atoms with Crippen LogP contribution in [0.25, 0.3) is 11.1 Å². The number of hydrogen-bond acceptors (Lipinski definition) is 4. The van der Waals surface area contributed by atoms with E-state index in [1.807, 2.05) is 18.2 Å². The fourth-order valence-corrected chi connectivity index (χ4v) is 5.06. The van der Waals surface area contributed by atoms with E-state index in [1.54, 1.807) is 6.07 Å². The Morgan fingerprint density at radius 1 is 1.07 bits per heavy atom. The van der Waals surface area contributed by atoms with Gasteiger partial charge in [-0.2, -0.15) is 4.98 Å². The number of oxazole rings is 1. The summed E-state index contributed by atoms with van der Waals surface area (Å²) in [5.41, 5.74) is 2.85. The average molecular weight is 424 g/mol. The Bertz CT molecular complexity index is 1030. The van der Waals surface area contributed by atoms with Crippen molar-refractivity contribution in [3.63, 3.8) is 0 Å². The number of piperidine rings is 1. The molecule has 2 heterocycles. The molecule has 5 rings (SSSR count). The number of anilines is 1. The second-order valence-corrected chi connectivity index (χ2v) is 8.87. The van der Waals surface area contributed by atoms with Crippen molar-refractivity contribution < 1.29 is 9.21 Å². The third-order valence-corrected chi connectivity index (χ3v) is 6.78. The predicted molar refractivity (Wildman–Crippen MR) is 119 cm³/mol. The molecule has 156 valence electrons. The van der Waals surface area contributed by atoms with Crippen LogP contribution in [-0.2, 0) is 4.79 Å². The zero-order valence-electron chi connectivity index (χ0n) is 16.9. The van der Waals surface area contributed by atoms with Crippen molar-refractivity contribution in [1.29, 1.82) is 0 Å². The van der Waals surface area contributed by atoms with Crippen molar-refractivity contribution in [3.8, 4) is 0 Å². The molecule has 6 heteroatoms. The summed E-state index contributed by atoms with van der Waals surface area (Å²) in [6.07, 6.45) is 5.01. The van der Waals surface area contributed by atoms with Crippen LogP contribution in [0.4, 0.5) is 6.01 Å². The first-order chi connectivity index (χ1) is 14.7. The molecular formula is C24H26ClN3O2. The van der Waals surface area contributed by atoms with Crippen LogP contribution >= 0.6 is 11.6 Å². The maximum Gasteiger partial charge on any atom is 0.298 e. The SMILES string of the molecule is O=C(N[C@@H]1CCC[C@H]1c1ccccc1)C1CCN(c2nc3cc(Cl)ccc3o2)CC1. The number of rotatable bonds is 4. The number of carbonyl (C=O) groups excluding carboxylic acids is 1. The van der Waals surface area contributed by atoms with Crippen LogP contribution in [0, 0.1) is 5.92 Å². The highest BCUT2D eigenvalue weighted by atomic mass is 35.5. The van der Waals surface area contributed by atoms with Crippen LogP contribution in [0.3, 0.4) is 0 Å². The molecule has 5 nitrogen and oxygen atoms in total. The Labute approximate surface area is 181 Å². The van der Waals surface area contributed by atoms with E-state index in [2.05, 4.69) is 39.5 Å². The molecule has 2 fully saturated rings. The highest BCUT2D eigenvalue weighted by Crippen LogP contribution is 2.35. The molecule has 1 aliphatic carbocycles.